The van der Waals surface area contributed by atoms with Crippen molar-refractivity contribution in [1.82, 2.24) is 5.32 Å². The quantitative estimate of drug-likeness (QED) is 0.816. The van der Waals surface area contributed by atoms with Gasteiger partial charge in [0.1, 0.15) is 0 Å². The first-order chi connectivity index (χ1) is 9.60. The molecule has 106 valence electrons. The molecule has 3 heteroatoms. The summed E-state index contributed by atoms with van der Waals surface area (Å²) in [5.41, 5.74) is 3.71. The summed E-state index contributed by atoms with van der Waals surface area (Å²) in [5, 5.41) is 4.25. The van der Waals surface area contributed by atoms with Crippen molar-refractivity contribution in [3.8, 4) is 0 Å². The van der Waals surface area contributed by atoms with E-state index in [1.165, 1.54) is 16.7 Å². The molecule has 20 heavy (non-hydrogen) atoms. The first-order valence-corrected chi connectivity index (χ1v) is 7.93. The molecule has 1 N–H and O–H groups in total. The smallest absolute Gasteiger partial charge is 0.0441 e. The third-order valence-electron chi connectivity index (χ3n) is 3.51. The van der Waals surface area contributed by atoms with Crippen LogP contribution in [-0.4, -0.2) is 13.1 Å². The van der Waals surface area contributed by atoms with Crippen molar-refractivity contribution in [2.45, 2.75) is 25.8 Å². The van der Waals surface area contributed by atoms with Gasteiger partial charge in [0.25, 0.3) is 0 Å². The van der Waals surface area contributed by atoms with Crippen molar-refractivity contribution in [2.24, 2.45) is 0 Å². The van der Waals surface area contributed by atoms with Crippen molar-refractivity contribution in [3.63, 3.8) is 0 Å². The number of halogens is 2. The van der Waals surface area contributed by atoms with Gasteiger partial charge >= 0.3 is 0 Å². The standard InChI is InChI=1S/C17H19BrClN/c1-12-7-8-14(17(19)9-12)11-15(20-2)10-13-5-3-4-6-16(13)18/h3-9,15,20H,10-11H2,1-2H3. The number of aryl methyl sites for hydroxylation is 1. The van der Waals surface area contributed by atoms with E-state index in [0.717, 1.165) is 22.3 Å². The van der Waals surface area contributed by atoms with Crippen LogP contribution in [0.15, 0.2) is 46.9 Å². The second-order valence-corrected chi connectivity index (χ2v) is 6.34. The second kappa shape index (κ2) is 7.26. The molecule has 0 aromatic heterocycles. The first-order valence-electron chi connectivity index (χ1n) is 6.76. The van der Waals surface area contributed by atoms with Crippen molar-refractivity contribution in [1.29, 1.82) is 0 Å². The second-order valence-electron chi connectivity index (χ2n) is 5.08. The minimum absolute atomic E-state index is 0.369. The summed E-state index contributed by atoms with van der Waals surface area (Å²) in [7, 11) is 2.00. The molecule has 0 saturated carbocycles. The number of benzene rings is 2. The van der Waals surface area contributed by atoms with Gasteiger partial charge in [-0.2, -0.15) is 0 Å². The Kier molecular flexibility index (Phi) is 5.64. The van der Waals surface area contributed by atoms with Crippen molar-refractivity contribution < 1.29 is 0 Å². The van der Waals surface area contributed by atoms with E-state index in [1.54, 1.807) is 0 Å². The maximum absolute atomic E-state index is 6.33. The highest BCUT2D eigenvalue weighted by Crippen LogP contribution is 2.22. The highest BCUT2D eigenvalue weighted by molar-refractivity contribution is 9.10. The normalized spacial score (nSPS) is 12.4. The molecule has 0 heterocycles. The molecular weight excluding hydrogens is 334 g/mol. The number of likely N-dealkylation sites (N-methyl/N-ethyl adjacent to an activating group) is 1. The fraction of sp³-hybridized carbons (Fsp3) is 0.294. The van der Waals surface area contributed by atoms with Crippen LogP contribution in [-0.2, 0) is 12.8 Å². The predicted octanol–water partition coefficient (Wildman–Crippen LogP) is 4.78. The van der Waals surface area contributed by atoms with Crippen LogP contribution in [0.1, 0.15) is 16.7 Å². The number of hydrogen-bond acceptors (Lipinski definition) is 1. The van der Waals surface area contributed by atoms with Crippen molar-refractivity contribution in [2.75, 3.05) is 7.05 Å². The maximum atomic E-state index is 6.33. The molecule has 2 rings (SSSR count). The lowest BCUT2D eigenvalue weighted by atomic mass is 9.98. The predicted molar refractivity (Wildman–Crippen MR) is 90.6 cm³/mol. The van der Waals surface area contributed by atoms with Gasteiger partial charge in [-0.25, -0.2) is 0 Å². The van der Waals surface area contributed by atoms with Gasteiger partial charge < -0.3 is 5.32 Å². The summed E-state index contributed by atoms with van der Waals surface area (Å²) < 4.78 is 1.16. The highest BCUT2D eigenvalue weighted by atomic mass is 79.9. The molecule has 0 spiro atoms. The lowest BCUT2D eigenvalue weighted by molar-refractivity contribution is 0.555. The molecule has 1 unspecified atom stereocenters. The SMILES string of the molecule is CNC(Cc1ccc(C)cc1Cl)Cc1ccccc1Br. The first kappa shape index (κ1) is 15.6. The minimum atomic E-state index is 0.369. The number of rotatable bonds is 5. The van der Waals surface area contributed by atoms with Crippen LogP contribution >= 0.6 is 27.5 Å². The van der Waals surface area contributed by atoms with E-state index in [1.807, 2.05) is 19.2 Å². The Balaban J connectivity index is 2.11. The zero-order valence-corrected chi connectivity index (χ0v) is 14.1. The Morgan fingerprint density at radius 1 is 1.10 bits per heavy atom. The lowest BCUT2D eigenvalue weighted by Gasteiger charge is -2.18. The van der Waals surface area contributed by atoms with Crippen LogP contribution in [0.25, 0.3) is 0 Å². The summed E-state index contributed by atoms with van der Waals surface area (Å²) in [6, 6.07) is 15.0. The van der Waals surface area contributed by atoms with Crippen LogP contribution in [0.2, 0.25) is 5.02 Å². The third-order valence-corrected chi connectivity index (χ3v) is 4.63. The van der Waals surface area contributed by atoms with E-state index in [-0.39, 0.29) is 0 Å². The van der Waals surface area contributed by atoms with Crippen LogP contribution in [0, 0.1) is 6.92 Å². The topological polar surface area (TPSA) is 12.0 Å². The molecule has 0 bridgehead atoms. The largest absolute Gasteiger partial charge is 0.316 e. The van der Waals surface area contributed by atoms with Gasteiger partial charge in [0.05, 0.1) is 0 Å². The number of nitrogens with one attached hydrogen (secondary N) is 1. The van der Waals surface area contributed by atoms with Gasteiger partial charge in [0.2, 0.25) is 0 Å². The highest BCUT2D eigenvalue weighted by Gasteiger charge is 2.12. The van der Waals surface area contributed by atoms with Crippen LogP contribution in [0.4, 0.5) is 0 Å². The Hall–Kier alpha value is -0.830. The van der Waals surface area contributed by atoms with Crippen LogP contribution in [0.3, 0.4) is 0 Å². The summed E-state index contributed by atoms with van der Waals surface area (Å²) >= 11 is 9.94. The van der Waals surface area contributed by atoms with E-state index in [0.29, 0.717) is 6.04 Å². The minimum Gasteiger partial charge on any atom is -0.316 e. The summed E-state index contributed by atoms with van der Waals surface area (Å²) in [4.78, 5) is 0. The molecule has 0 saturated heterocycles. The molecule has 1 atom stereocenters. The van der Waals surface area contributed by atoms with Gasteiger partial charge in [0, 0.05) is 15.5 Å². The van der Waals surface area contributed by atoms with E-state index < -0.39 is 0 Å². The summed E-state index contributed by atoms with van der Waals surface area (Å²) in [5.74, 6) is 0. The zero-order chi connectivity index (χ0) is 14.5. The van der Waals surface area contributed by atoms with Crippen molar-refractivity contribution >= 4 is 27.5 Å². The average molecular weight is 353 g/mol. The monoisotopic (exact) mass is 351 g/mol. The lowest BCUT2D eigenvalue weighted by Crippen LogP contribution is -2.30. The molecule has 0 amide bonds. The van der Waals surface area contributed by atoms with Crippen LogP contribution in [0.5, 0.6) is 0 Å². The molecule has 1 nitrogen and oxygen atoms in total. The molecular formula is C17H19BrClN. The van der Waals surface area contributed by atoms with Crippen molar-refractivity contribution in [3.05, 3.63) is 68.7 Å². The Bertz CT molecular complexity index is 583. The number of hydrogen-bond donors (Lipinski definition) is 1. The Morgan fingerprint density at radius 2 is 1.80 bits per heavy atom. The van der Waals surface area contributed by atoms with Gasteiger partial charge in [-0.3, -0.25) is 0 Å². The Morgan fingerprint density at radius 3 is 2.45 bits per heavy atom. The van der Waals surface area contributed by atoms with Crippen LogP contribution < -0.4 is 5.32 Å². The summed E-state index contributed by atoms with van der Waals surface area (Å²) in [6.45, 7) is 2.06. The molecule has 0 aliphatic carbocycles. The summed E-state index contributed by atoms with van der Waals surface area (Å²) in [6.07, 6.45) is 1.90. The van der Waals surface area contributed by atoms with Gasteiger partial charge in [0.15, 0.2) is 0 Å². The molecule has 0 aliphatic rings. The third kappa shape index (κ3) is 4.08. The van der Waals surface area contributed by atoms with Gasteiger partial charge in [-0.1, -0.05) is 57.9 Å². The maximum Gasteiger partial charge on any atom is 0.0441 e. The van der Waals surface area contributed by atoms with E-state index in [2.05, 4.69) is 58.5 Å². The zero-order valence-electron chi connectivity index (χ0n) is 11.8. The van der Waals surface area contributed by atoms with Gasteiger partial charge in [-0.15, -0.1) is 0 Å². The molecule has 2 aromatic rings. The molecule has 2 aromatic carbocycles. The fourth-order valence-electron chi connectivity index (χ4n) is 2.29. The molecule has 0 fully saturated rings. The average Bonchev–Trinajstić information content (AvgIpc) is 2.43. The fourth-order valence-corrected chi connectivity index (χ4v) is 3.05. The molecule has 0 aliphatic heterocycles. The van der Waals surface area contributed by atoms with Gasteiger partial charge in [-0.05, 0) is 55.6 Å². The van der Waals surface area contributed by atoms with E-state index in [9.17, 15) is 0 Å². The Labute approximate surface area is 134 Å². The van der Waals surface area contributed by atoms with E-state index in [4.69, 9.17) is 11.6 Å². The van der Waals surface area contributed by atoms with E-state index >= 15 is 0 Å². The molecule has 0 radical (unpaired) electrons.